The Morgan fingerprint density at radius 2 is 2.29 bits per heavy atom. The molecule has 4 rings (SSSR count). The number of benzene rings is 1. The van der Waals surface area contributed by atoms with Crippen LogP contribution in [-0.2, 0) is 21.6 Å². The van der Waals surface area contributed by atoms with Crippen LogP contribution in [0.4, 0.5) is 0 Å². The smallest absolute Gasteiger partial charge is 0.306 e. The van der Waals surface area contributed by atoms with E-state index in [2.05, 4.69) is 11.1 Å². The van der Waals surface area contributed by atoms with Gasteiger partial charge in [-0.25, -0.2) is 0 Å². The Morgan fingerprint density at radius 3 is 2.92 bits per heavy atom. The lowest BCUT2D eigenvalue weighted by Crippen LogP contribution is -2.46. The zero-order valence-electron chi connectivity index (χ0n) is 13.7. The molecule has 1 aromatic carbocycles. The third-order valence-electron chi connectivity index (χ3n) is 5.70. The molecule has 5 heteroatoms. The highest BCUT2D eigenvalue weighted by molar-refractivity contribution is 5.93. The number of nitrogens with zero attached hydrogens (tertiary/aromatic N) is 1. The molecule has 1 atom stereocenters. The zero-order chi connectivity index (χ0) is 16.9. The number of ether oxygens (including phenoxy) is 1. The molecular formula is C19H20N2O3. The van der Waals surface area contributed by atoms with Gasteiger partial charge in [0.1, 0.15) is 5.60 Å². The number of hydrogen-bond donors (Lipinski definition) is 2. The van der Waals surface area contributed by atoms with Crippen LogP contribution >= 0.6 is 0 Å². The number of aromatic nitrogens is 1. The number of aliphatic carboxylic acids is 1. The second-order valence-electron chi connectivity index (χ2n) is 6.96. The first-order chi connectivity index (χ1) is 11.6. The van der Waals surface area contributed by atoms with Gasteiger partial charge in [0.25, 0.3) is 0 Å². The van der Waals surface area contributed by atoms with Crippen molar-refractivity contribution in [1.82, 2.24) is 4.98 Å². The van der Waals surface area contributed by atoms with E-state index in [0.29, 0.717) is 18.6 Å². The maximum atomic E-state index is 11.6. The summed E-state index contributed by atoms with van der Waals surface area (Å²) in [6, 6.07) is 6.07. The molecule has 0 spiro atoms. The van der Waals surface area contributed by atoms with Crippen molar-refractivity contribution in [2.24, 2.45) is 5.92 Å². The van der Waals surface area contributed by atoms with Gasteiger partial charge in [-0.3, -0.25) is 4.79 Å². The molecule has 0 radical (unpaired) electrons. The molecule has 5 nitrogen and oxygen atoms in total. The second kappa shape index (κ2) is 5.35. The van der Waals surface area contributed by atoms with Crippen LogP contribution in [0.2, 0.25) is 0 Å². The van der Waals surface area contributed by atoms with Crippen LogP contribution in [0, 0.1) is 24.2 Å². The molecule has 0 bridgehead atoms. The second-order valence-corrected chi connectivity index (χ2v) is 6.96. The first-order valence-corrected chi connectivity index (χ1v) is 8.47. The van der Waals surface area contributed by atoms with Crippen LogP contribution in [-0.4, -0.2) is 22.7 Å². The van der Waals surface area contributed by atoms with Crippen LogP contribution in [0.5, 0.6) is 0 Å². The molecule has 1 unspecified atom stereocenters. The summed E-state index contributed by atoms with van der Waals surface area (Å²) in [5, 5.41) is 20.0. The quantitative estimate of drug-likeness (QED) is 0.906. The topological polar surface area (TPSA) is 86.1 Å². The van der Waals surface area contributed by atoms with E-state index in [-0.39, 0.29) is 12.3 Å². The molecule has 0 saturated heterocycles. The number of rotatable bonds is 3. The Bertz CT molecular complexity index is 873. The number of H-pyrrole nitrogens is 1. The molecule has 1 saturated carbocycles. The van der Waals surface area contributed by atoms with Gasteiger partial charge in [0.2, 0.25) is 0 Å². The standard InChI is InChI=1S/C19H20N2O3/c1-11-5-6-12(10-20)16-14-7-8-24-19(9-15(22)23,13-3-2-4-13)18(14)21-17(11)16/h5-6,13,21H,2-4,7-9H2,1H3,(H,22,23). The summed E-state index contributed by atoms with van der Waals surface area (Å²) in [6.45, 7) is 2.51. The number of carbonyl (C=O) groups is 1. The number of fused-ring (bicyclic) bond motifs is 3. The van der Waals surface area contributed by atoms with E-state index in [0.717, 1.165) is 47.0 Å². The molecule has 124 valence electrons. The van der Waals surface area contributed by atoms with Crippen molar-refractivity contribution < 1.29 is 14.6 Å². The van der Waals surface area contributed by atoms with Crippen molar-refractivity contribution in [2.75, 3.05) is 6.61 Å². The molecule has 1 aliphatic carbocycles. The van der Waals surface area contributed by atoms with Crippen LogP contribution in [0.25, 0.3) is 10.9 Å². The Hall–Kier alpha value is -2.32. The third kappa shape index (κ3) is 1.99. The molecule has 2 aliphatic rings. The molecule has 1 aromatic heterocycles. The number of aryl methyl sites for hydroxylation is 1. The molecular weight excluding hydrogens is 304 g/mol. The van der Waals surface area contributed by atoms with Crippen LogP contribution in [0.15, 0.2) is 12.1 Å². The number of carboxylic acid groups (broad SMARTS) is 1. The first-order valence-electron chi connectivity index (χ1n) is 8.47. The summed E-state index contributed by atoms with van der Waals surface area (Å²) in [5.41, 5.74) is 3.84. The van der Waals surface area contributed by atoms with Gasteiger partial charge in [-0.1, -0.05) is 12.5 Å². The van der Waals surface area contributed by atoms with Gasteiger partial charge in [-0.15, -0.1) is 0 Å². The van der Waals surface area contributed by atoms with E-state index >= 15 is 0 Å². The average Bonchev–Trinajstić information content (AvgIpc) is 2.88. The van der Waals surface area contributed by atoms with Crippen molar-refractivity contribution in [3.63, 3.8) is 0 Å². The van der Waals surface area contributed by atoms with Crippen molar-refractivity contribution in [3.05, 3.63) is 34.5 Å². The molecule has 1 fully saturated rings. The van der Waals surface area contributed by atoms with Gasteiger partial charge in [-0.2, -0.15) is 5.26 Å². The van der Waals surface area contributed by atoms with E-state index in [9.17, 15) is 15.2 Å². The number of hydrogen-bond acceptors (Lipinski definition) is 3. The Labute approximate surface area is 140 Å². The van der Waals surface area contributed by atoms with Gasteiger partial charge in [0.15, 0.2) is 0 Å². The predicted octanol–water partition coefficient (Wildman–Crippen LogP) is 3.39. The normalized spacial score (nSPS) is 23.5. The average molecular weight is 324 g/mol. The Kier molecular flexibility index (Phi) is 3.40. The van der Waals surface area contributed by atoms with Gasteiger partial charge in [0.05, 0.1) is 35.9 Å². The molecule has 2 N–H and O–H groups in total. The third-order valence-corrected chi connectivity index (χ3v) is 5.70. The highest BCUT2D eigenvalue weighted by Gasteiger charge is 2.50. The highest BCUT2D eigenvalue weighted by Crippen LogP contribution is 2.51. The van der Waals surface area contributed by atoms with Crippen LogP contribution in [0.1, 0.15) is 48.1 Å². The molecule has 2 heterocycles. The number of aromatic amines is 1. The molecule has 0 amide bonds. The summed E-state index contributed by atoms with van der Waals surface area (Å²) in [6.07, 6.45) is 3.78. The Balaban J connectivity index is 2.00. The minimum atomic E-state index is -0.842. The van der Waals surface area contributed by atoms with Gasteiger partial charge in [0, 0.05) is 5.39 Å². The monoisotopic (exact) mass is 324 g/mol. The van der Waals surface area contributed by atoms with Gasteiger partial charge >= 0.3 is 5.97 Å². The molecule has 1 aliphatic heterocycles. The lowest BCUT2D eigenvalue weighted by atomic mass is 9.68. The van der Waals surface area contributed by atoms with Crippen molar-refractivity contribution >= 4 is 16.9 Å². The minimum Gasteiger partial charge on any atom is -0.481 e. The van der Waals surface area contributed by atoms with Crippen molar-refractivity contribution in [1.29, 1.82) is 5.26 Å². The van der Waals surface area contributed by atoms with E-state index in [4.69, 9.17) is 4.74 Å². The summed E-state index contributed by atoms with van der Waals surface area (Å²) < 4.78 is 6.15. The number of nitriles is 1. The van der Waals surface area contributed by atoms with E-state index in [1.807, 2.05) is 19.1 Å². The maximum absolute atomic E-state index is 11.6. The fraction of sp³-hybridized carbons (Fsp3) is 0.474. The number of carboxylic acids is 1. The number of nitrogens with one attached hydrogen (secondary N) is 1. The maximum Gasteiger partial charge on any atom is 0.306 e. The van der Waals surface area contributed by atoms with Gasteiger partial charge < -0.3 is 14.8 Å². The van der Waals surface area contributed by atoms with Crippen LogP contribution < -0.4 is 0 Å². The van der Waals surface area contributed by atoms with Crippen molar-refractivity contribution in [3.8, 4) is 6.07 Å². The summed E-state index contributed by atoms with van der Waals surface area (Å²) in [5.74, 6) is -0.614. The zero-order valence-corrected chi connectivity index (χ0v) is 13.7. The highest BCUT2D eigenvalue weighted by atomic mass is 16.5. The van der Waals surface area contributed by atoms with Gasteiger partial charge in [-0.05, 0) is 49.3 Å². The Morgan fingerprint density at radius 1 is 1.50 bits per heavy atom. The van der Waals surface area contributed by atoms with E-state index in [1.165, 1.54) is 0 Å². The lowest BCUT2D eigenvalue weighted by Gasteiger charge is -2.46. The summed E-state index contributed by atoms with van der Waals surface area (Å²) >= 11 is 0. The van der Waals surface area contributed by atoms with Crippen LogP contribution in [0.3, 0.4) is 0 Å². The molecule has 24 heavy (non-hydrogen) atoms. The SMILES string of the molecule is Cc1ccc(C#N)c2c3c([nH]c12)C(CC(=O)O)(C1CCC1)OCC3. The summed E-state index contributed by atoms with van der Waals surface area (Å²) in [4.78, 5) is 15.1. The molecule has 2 aromatic rings. The fourth-order valence-corrected chi connectivity index (χ4v) is 4.32. The van der Waals surface area contributed by atoms with E-state index < -0.39 is 11.6 Å². The first kappa shape index (κ1) is 15.2. The minimum absolute atomic E-state index is 0.0293. The lowest BCUT2D eigenvalue weighted by molar-refractivity contribution is -0.162. The predicted molar refractivity (Wildman–Crippen MR) is 88.7 cm³/mol. The largest absolute Gasteiger partial charge is 0.481 e. The summed E-state index contributed by atoms with van der Waals surface area (Å²) in [7, 11) is 0. The van der Waals surface area contributed by atoms with Crippen molar-refractivity contribution in [2.45, 2.75) is 44.6 Å². The van der Waals surface area contributed by atoms with E-state index in [1.54, 1.807) is 0 Å². The fourth-order valence-electron chi connectivity index (χ4n) is 4.32.